The number of carbonyl (C=O) groups is 3. The first kappa shape index (κ1) is 20.2. The summed E-state index contributed by atoms with van der Waals surface area (Å²) in [6, 6.07) is -1.03. The van der Waals surface area contributed by atoms with Gasteiger partial charge in [-0.2, -0.15) is 0 Å². The van der Waals surface area contributed by atoms with Crippen molar-refractivity contribution in [1.82, 2.24) is 30.1 Å². The van der Waals surface area contributed by atoms with Crippen molar-refractivity contribution < 1.29 is 19.1 Å². The third kappa shape index (κ3) is 4.32. The molecule has 2 aliphatic heterocycles. The highest BCUT2D eigenvalue weighted by molar-refractivity contribution is 6.06. The summed E-state index contributed by atoms with van der Waals surface area (Å²) in [7, 11) is 1.60. The molecule has 3 heterocycles. The highest BCUT2D eigenvalue weighted by Crippen LogP contribution is 2.23. The summed E-state index contributed by atoms with van der Waals surface area (Å²) in [5, 5.41) is 10.7. The van der Waals surface area contributed by atoms with E-state index in [1.165, 1.54) is 0 Å². The highest BCUT2D eigenvalue weighted by atomic mass is 16.5. The molecule has 0 spiro atoms. The van der Waals surface area contributed by atoms with Gasteiger partial charge in [-0.1, -0.05) is 5.21 Å². The van der Waals surface area contributed by atoms with E-state index >= 15 is 0 Å². The van der Waals surface area contributed by atoms with Gasteiger partial charge < -0.3 is 15.0 Å². The molecule has 0 bridgehead atoms. The Balaban J connectivity index is 1.60. The van der Waals surface area contributed by atoms with Crippen molar-refractivity contribution in [3.05, 3.63) is 11.9 Å². The second-order valence-corrected chi connectivity index (χ2v) is 7.53. The molecule has 0 aromatic carbocycles. The van der Waals surface area contributed by atoms with E-state index in [2.05, 4.69) is 15.6 Å². The van der Waals surface area contributed by atoms with E-state index in [-0.39, 0.29) is 31.0 Å². The summed E-state index contributed by atoms with van der Waals surface area (Å²) >= 11 is 0. The molecule has 10 heteroatoms. The third-order valence-electron chi connectivity index (χ3n) is 5.41. The summed E-state index contributed by atoms with van der Waals surface area (Å²) in [5.41, 5.74) is 0.598. The molecular formula is C18H28N6O4. The average Bonchev–Trinajstić information content (AvgIpc) is 3.20. The van der Waals surface area contributed by atoms with Crippen LogP contribution in [0.5, 0.6) is 0 Å². The number of likely N-dealkylation sites (tertiary alicyclic amines) is 1. The number of carbonyl (C=O) groups excluding carboxylic acids is 3. The standard InChI is InChI=1S/C18H28N6O4/c1-12-5-4-6-13(2)24(12)16(25)11-23-17(26)15(19-18(23)27)9-14-10-22(21-20-14)7-8-28-3/h10,12-13,15H,4-9,11H2,1-3H3,(H,19,27)/t12-,13+,15-/m0/s1. The van der Waals surface area contributed by atoms with Crippen LogP contribution >= 0.6 is 0 Å². The Kier molecular flexibility index (Phi) is 6.28. The molecular weight excluding hydrogens is 364 g/mol. The van der Waals surface area contributed by atoms with E-state index < -0.39 is 18.0 Å². The number of ether oxygens (including phenoxy) is 1. The fourth-order valence-electron chi connectivity index (χ4n) is 3.93. The average molecular weight is 392 g/mol. The zero-order valence-electron chi connectivity index (χ0n) is 16.6. The maximum Gasteiger partial charge on any atom is 0.325 e. The molecule has 4 amide bonds. The van der Waals surface area contributed by atoms with Crippen LogP contribution in [0.1, 0.15) is 38.8 Å². The van der Waals surface area contributed by atoms with E-state index in [4.69, 9.17) is 4.74 Å². The van der Waals surface area contributed by atoms with Gasteiger partial charge >= 0.3 is 6.03 Å². The van der Waals surface area contributed by atoms with Gasteiger partial charge in [0.15, 0.2) is 0 Å². The highest BCUT2D eigenvalue weighted by Gasteiger charge is 2.41. The van der Waals surface area contributed by atoms with Crippen molar-refractivity contribution >= 4 is 17.8 Å². The fraction of sp³-hybridized carbons (Fsp3) is 0.722. The number of hydrogen-bond donors (Lipinski definition) is 1. The lowest BCUT2D eigenvalue weighted by Gasteiger charge is -2.39. The Morgan fingerprint density at radius 2 is 2.00 bits per heavy atom. The molecule has 1 N–H and O–H groups in total. The number of aromatic nitrogens is 3. The van der Waals surface area contributed by atoms with Gasteiger partial charge in [-0.3, -0.25) is 14.5 Å². The number of nitrogens with one attached hydrogen (secondary N) is 1. The number of methoxy groups -OCH3 is 1. The van der Waals surface area contributed by atoms with E-state index in [1.807, 2.05) is 13.8 Å². The molecule has 1 aromatic heterocycles. The van der Waals surface area contributed by atoms with Crippen molar-refractivity contribution in [2.45, 2.75) is 64.2 Å². The molecule has 28 heavy (non-hydrogen) atoms. The number of urea groups is 1. The van der Waals surface area contributed by atoms with Crippen LogP contribution in [0.4, 0.5) is 4.79 Å². The molecule has 0 saturated carbocycles. The van der Waals surface area contributed by atoms with E-state index in [0.717, 1.165) is 24.2 Å². The van der Waals surface area contributed by atoms with Crippen molar-refractivity contribution in [1.29, 1.82) is 0 Å². The zero-order chi connectivity index (χ0) is 20.3. The topological polar surface area (TPSA) is 110 Å². The van der Waals surface area contributed by atoms with Crippen molar-refractivity contribution in [3.63, 3.8) is 0 Å². The SMILES string of the molecule is COCCn1cc(C[C@@H]2NC(=O)N(CC(=O)N3[C@H](C)CCC[C@@H]3C)C2=O)nn1. The van der Waals surface area contributed by atoms with Gasteiger partial charge in [-0.15, -0.1) is 5.10 Å². The number of amides is 4. The van der Waals surface area contributed by atoms with Gasteiger partial charge in [0.1, 0.15) is 12.6 Å². The summed E-state index contributed by atoms with van der Waals surface area (Å²) < 4.78 is 6.62. The number of hydrogen-bond acceptors (Lipinski definition) is 6. The molecule has 2 fully saturated rings. The Bertz CT molecular complexity index is 725. The lowest BCUT2D eigenvalue weighted by atomic mass is 9.97. The predicted octanol–water partition coefficient (Wildman–Crippen LogP) is 0.177. The first-order valence-electron chi connectivity index (χ1n) is 9.71. The maximum atomic E-state index is 12.7. The van der Waals surface area contributed by atoms with E-state index in [1.54, 1.807) is 22.9 Å². The second-order valence-electron chi connectivity index (χ2n) is 7.53. The molecule has 1 aromatic rings. The van der Waals surface area contributed by atoms with Crippen LogP contribution in [0.15, 0.2) is 6.20 Å². The summed E-state index contributed by atoms with van der Waals surface area (Å²) in [6.45, 7) is 4.85. The minimum Gasteiger partial charge on any atom is -0.383 e. The Labute approximate surface area is 164 Å². The van der Waals surface area contributed by atoms with Crippen LogP contribution in [0, 0.1) is 0 Å². The van der Waals surface area contributed by atoms with Crippen molar-refractivity contribution in [2.75, 3.05) is 20.3 Å². The number of imide groups is 1. The quantitative estimate of drug-likeness (QED) is 0.663. The predicted molar refractivity (Wildman–Crippen MR) is 99.3 cm³/mol. The maximum absolute atomic E-state index is 12.7. The second kappa shape index (κ2) is 8.68. The monoisotopic (exact) mass is 392 g/mol. The van der Waals surface area contributed by atoms with Crippen LogP contribution < -0.4 is 5.32 Å². The fourth-order valence-corrected chi connectivity index (χ4v) is 3.93. The molecule has 2 saturated heterocycles. The lowest BCUT2D eigenvalue weighted by molar-refractivity contribution is -0.141. The van der Waals surface area contributed by atoms with Crippen LogP contribution in [0.2, 0.25) is 0 Å². The normalized spacial score (nSPS) is 25.3. The molecule has 0 unspecified atom stereocenters. The van der Waals surface area contributed by atoms with Crippen LogP contribution in [-0.4, -0.2) is 81.0 Å². The number of nitrogens with zero attached hydrogens (tertiary/aromatic N) is 5. The van der Waals surface area contributed by atoms with E-state index in [9.17, 15) is 14.4 Å². The van der Waals surface area contributed by atoms with Gasteiger partial charge in [-0.05, 0) is 33.1 Å². The van der Waals surface area contributed by atoms with Crippen LogP contribution in [0.3, 0.4) is 0 Å². The molecule has 3 rings (SSSR count). The Hall–Kier alpha value is -2.49. The molecule has 10 nitrogen and oxygen atoms in total. The third-order valence-corrected chi connectivity index (χ3v) is 5.41. The first-order valence-corrected chi connectivity index (χ1v) is 9.71. The van der Waals surface area contributed by atoms with Crippen LogP contribution in [0.25, 0.3) is 0 Å². The summed E-state index contributed by atoms with van der Waals surface area (Å²) in [5.74, 6) is -0.587. The molecule has 0 radical (unpaired) electrons. The van der Waals surface area contributed by atoms with Gasteiger partial charge in [-0.25, -0.2) is 9.48 Å². The molecule has 154 valence electrons. The lowest BCUT2D eigenvalue weighted by Crippen LogP contribution is -2.52. The van der Waals surface area contributed by atoms with Crippen LogP contribution in [-0.2, 0) is 27.3 Å². The minimum atomic E-state index is -0.732. The zero-order valence-corrected chi connectivity index (χ0v) is 16.6. The Morgan fingerprint density at radius 1 is 1.29 bits per heavy atom. The van der Waals surface area contributed by atoms with Gasteiger partial charge in [0.2, 0.25) is 5.91 Å². The molecule has 2 aliphatic rings. The number of rotatable bonds is 7. The van der Waals surface area contributed by atoms with Crippen molar-refractivity contribution in [3.8, 4) is 0 Å². The molecule has 3 atom stereocenters. The summed E-state index contributed by atoms with van der Waals surface area (Å²) in [4.78, 5) is 40.5. The van der Waals surface area contributed by atoms with Gasteiger partial charge in [0, 0.05) is 31.8 Å². The Morgan fingerprint density at radius 3 is 2.68 bits per heavy atom. The molecule has 0 aliphatic carbocycles. The smallest absolute Gasteiger partial charge is 0.325 e. The van der Waals surface area contributed by atoms with Crippen molar-refractivity contribution in [2.24, 2.45) is 0 Å². The number of piperidine rings is 1. The minimum absolute atomic E-state index is 0.120. The van der Waals surface area contributed by atoms with E-state index in [0.29, 0.717) is 18.8 Å². The summed E-state index contributed by atoms with van der Waals surface area (Å²) in [6.07, 6.45) is 4.93. The van der Waals surface area contributed by atoms with Gasteiger partial charge in [0.25, 0.3) is 5.91 Å². The largest absolute Gasteiger partial charge is 0.383 e. The first-order chi connectivity index (χ1) is 13.4. The van der Waals surface area contributed by atoms with Gasteiger partial charge in [0.05, 0.1) is 18.8 Å².